The number of benzene rings is 1. The number of methoxy groups -OCH3 is 1. The van der Waals surface area contributed by atoms with Gasteiger partial charge in [-0.25, -0.2) is 4.98 Å². The molecule has 1 N–H and O–H groups in total. The summed E-state index contributed by atoms with van der Waals surface area (Å²) in [5, 5.41) is 3.12. The Labute approximate surface area is 190 Å². The van der Waals surface area contributed by atoms with Gasteiger partial charge in [-0.1, -0.05) is 24.3 Å². The minimum atomic E-state index is 0.0355. The number of amides is 1. The molecular formula is C24H34N6O2. The molecule has 2 saturated heterocycles. The number of piperazine rings is 1. The molecule has 0 spiro atoms. The molecule has 0 aliphatic carbocycles. The van der Waals surface area contributed by atoms with Crippen LogP contribution in [0, 0.1) is 5.92 Å². The number of piperidine rings is 1. The number of hydrogen-bond donors (Lipinski definition) is 1. The Morgan fingerprint density at radius 2 is 1.72 bits per heavy atom. The van der Waals surface area contributed by atoms with E-state index in [-0.39, 0.29) is 11.8 Å². The number of anilines is 1. The number of carbonyl (C=O) groups excluding carboxylic acids is 1. The second-order valence-corrected chi connectivity index (χ2v) is 8.77. The molecule has 2 aromatic rings. The van der Waals surface area contributed by atoms with Crippen LogP contribution in [0.3, 0.4) is 0 Å². The first kappa shape index (κ1) is 22.5. The number of nitrogens with zero attached hydrogens (tertiary/aromatic N) is 5. The molecule has 2 aliphatic rings. The highest BCUT2D eigenvalue weighted by atomic mass is 16.5. The third-order valence-electron chi connectivity index (χ3n) is 6.47. The van der Waals surface area contributed by atoms with E-state index in [0.29, 0.717) is 18.4 Å². The molecule has 8 nitrogen and oxygen atoms in total. The van der Waals surface area contributed by atoms with Gasteiger partial charge in [0.2, 0.25) is 17.7 Å². The van der Waals surface area contributed by atoms with Crippen LogP contribution in [0.15, 0.2) is 36.5 Å². The lowest BCUT2D eigenvalue weighted by atomic mass is 9.96. The summed E-state index contributed by atoms with van der Waals surface area (Å²) >= 11 is 0. The molecule has 3 heterocycles. The maximum Gasteiger partial charge on any atom is 0.228 e. The zero-order valence-corrected chi connectivity index (χ0v) is 19.2. The number of rotatable bonds is 7. The van der Waals surface area contributed by atoms with Gasteiger partial charge in [0.05, 0.1) is 7.11 Å². The van der Waals surface area contributed by atoms with E-state index in [0.717, 1.165) is 64.2 Å². The van der Waals surface area contributed by atoms with Crippen molar-refractivity contribution in [1.82, 2.24) is 25.1 Å². The fourth-order valence-electron chi connectivity index (χ4n) is 4.30. The van der Waals surface area contributed by atoms with Crippen molar-refractivity contribution in [3.05, 3.63) is 47.7 Å². The highest BCUT2D eigenvalue weighted by Crippen LogP contribution is 2.22. The molecule has 2 aliphatic heterocycles. The maximum absolute atomic E-state index is 12.7. The number of hydrogen-bond acceptors (Lipinski definition) is 7. The smallest absolute Gasteiger partial charge is 0.228 e. The lowest BCUT2D eigenvalue weighted by molar-refractivity contribution is -0.125. The van der Waals surface area contributed by atoms with Crippen LogP contribution in [0.5, 0.6) is 5.88 Å². The van der Waals surface area contributed by atoms with Crippen LogP contribution >= 0.6 is 0 Å². The van der Waals surface area contributed by atoms with Gasteiger partial charge in [-0.15, -0.1) is 0 Å². The standard InChI is InChI=1S/C24H34N6O2/c1-28-13-15-29(16-14-28)18-20-5-3-19(4-6-20)17-26-23(31)21-8-11-30(12-9-21)24-25-10-7-22(27-24)32-2/h3-7,10,21H,8-9,11-18H2,1-2H3,(H,26,31). The Hall–Kier alpha value is -2.71. The molecule has 2 fully saturated rings. The van der Waals surface area contributed by atoms with Crippen molar-refractivity contribution >= 4 is 11.9 Å². The molecule has 1 aromatic carbocycles. The van der Waals surface area contributed by atoms with Gasteiger partial charge in [-0.05, 0) is 31.0 Å². The van der Waals surface area contributed by atoms with Crippen LogP contribution in [-0.4, -0.2) is 79.1 Å². The van der Waals surface area contributed by atoms with Crippen LogP contribution in [0.2, 0.25) is 0 Å². The first-order valence-electron chi connectivity index (χ1n) is 11.5. The molecule has 0 radical (unpaired) electrons. The summed E-state index contributed by atoms with van der Waals surface area (Å²) in [5.74, 6) is 1.40. The van der Waals surface area contributed by atoms with E-state index in [9.17, 15) is 4.79 Å². The first-order valence-corrected chi connectivity index (χ1v) is 11.5. The normalized spacial score (nSPS) is 18.5. The second-order valence-electron chi connectivity index (χ2n) is 8.77. The quantitative estimate of drug-likeness (QED) is 0.706. The monoisotopic (exact) mass is 438 g/mol. The summed E-state index contributed by atoms with van der Waals surface area (Å²) in [7, 11) is 3.78. The molecule has 0 atom stereocenters. The van der Waals surface area contributed by atoms with E-state index >= 15 is 0 Å². The minimum Gasteiger partial charge on any atom is -0.481 e. The van der Waals surface area contributed by atoms with E-state index in [1.165, 1.54) is 5.56 Å². The molecular weight excluding hydrogens is 404 g/mol. The molecule has 32 heavy (non-hydrogen) atoms. The van der Waals surface area contributed by atoms with Crippen molar-refractivity contribution in [3.8, 4) is 5.88 Å². The third-order valence-corrected chi connectivity index (χ3v) is 6.47. The van der Waals surface area contributed by atoms with E-state index in [1.807, 2.05) is 0 Å². The minimum absolute atomic E-state index is 0.0355. The number of ether oxygens (including phenoxy) is 1. The van der Waals surface area contributed by atoms with Gasteiger partial charge in [0.25, 0.3) is 0 Å². The molecule has 172 valence electrons. The van der Waals surface area contributed by atoms with Crippen LogP contribution in [0.4, 0.5) is 5.95 Å². The molecule has 1 aromatic heterocycles. The number of aromatic nitrogens is 2. The van der Waals surface area contributed by atoms with Gasteiger partial charge in [-0.2, -0.15) is 4.98 Å². The Morgan fingerprint density at radius 1 is 1.03 bits per heavy atom. The molecule has 0 saturated carbocycles. The largest absolute Gasteiger partial charge is 0.481 e. The van der Waals surface area contributed by atoms with Gasteiger partial charge in [-0.3, -0.25) is 9.69 Å². The summed E-state index contributed by atoms with van der Waals surface area (Å²) < 4.78 is 5.18. The fourth-order valence-corrected chi connectivity index (χ4v) is 4.30. The van der Waals surface area contributed by atoms with Crippen molar-refractivity contribution in [3.63, 3.8) is 0 Å². The first-order chi connectivity index (χ1) is 15.6. The van der Waals surface area contributed by atoms with Gasteiger partial charge in [0.1, 0.15) is 0 Å². The predicted molar refractivity (Wildman–Crippen MR) is 125 cm³/mol. The van der Waals surface area contributed by atoms with Crippen molar-refractivity contribution in [1.29, 1.82) is 0 Å². The van der Waals surface area contributed by atoms with Gasteiger partial charge in [0.15, 0.2) is 0 Å². The average molecular weight is 439 g/mol. The fraction of sp³-hybridized carbons (Fsp3) is 0.542. The lowest BCUT2D eigenvalue weighted by Crippen LogP contribution is -2.43. The Morgan fingerprint density at radius 3 is 2.41 bits per heavy atom. The number of nitrogens with one attached hydrogen (secondary N) is 1. The molecule has 0 bridgehead atoms. The Bertz CT molecular complexity index is 874. The highest BCUT2D eigenvalue weighted by molar-refractivity contribution is 5.78. The van der Waals surface area contributed by atoms with Gasteiger partial charge >= 0.3 is 0 Å². The lowest BCUT2D eigenvalue weighted by Gasteiger charge is -2.32. The average Bonchev–Trinajstić information content (AvgIpc) is 2.85. The molecule has 8 heteroatoms. The van der Waals surface area contributed by atoms with Crippen LogP contribution < -0.4 is 15.0 Å². The summed E-state index contributed by atoms with van der Waals surface area (Å²) in [6, 6.07) is 10.4. The summed E-state index contributed by atoms with van der Waals surface area (Å²) in [4.78, 5) is 28.4. The van der Waals surface area contributed by atoms with Crippen molar-refractivity contribution in [2.75, 3.05) is 58.3 Å². The summed E-state index contributed by atoms with van der Waals surface area (Å²) in [5.41, 5.74) is 2.47. The second kappa shape index (κ2) is 10.7. The topological polar surface area (TPSA) is 73.8 Å². The van der Waals surface area contributed by atoms with E-state index < -0.39 is 0 Å². The molecule has 0 unspecified atom stereocenters. The molecule has 4 rings (SSSR count). The Kier molecular flexibility index (Phi) is 7.55. The van der Waals surface area contributed by atoms with Crippen molar-refractivity contribution in [2.24, 2.45) is 5.92 Å². The van der Waals surface area contributed by atoms with Gasteiger partial charge < -0.3 is 19.9 Å². The highest BCUT2D eigenvalue weighted by Gasteiger charge is 2.26. The SMILES string of the molecule is COc1ccnc(N2CCC(C(=O)NCc3ccc(CN4CCN(C)CC4)cc3)CC2)n1. The predicted octanol–water partition coefficient (Wildman–Crippen LogP) is 1.77. The third kappa shape index (κ3) is 5.95. The van der Waals surface area contributed by atoms with Crippen molar-refractivity contribution in [2.45, 2.75) is 25.9 Å². The van der Waals surface area contributed by atoms with Crippen molar-refractivity contribution < 1.29 is 9.53 Å². The van der Waals surface area contributed by atoms with E-state index in [2.05, 4.69) is 61.3 Å². The van der Waals surface area contributed by atoms with E-state index in [1.54, 1.807) is 19.4 Å². The number of likely N-dealkylation sites (N-methyl/N-ethyl adjacent to an activating group) is 1. The zero-order chi connectivity index (χ0) is 22.3. The van der Waals surface area contributed by atoms with E-state index in [4.69, 9.17) is 4.74 Å². The molecule has 1 amide bonds. The Balaban J connectivity index is 1.20. The van der Waals surface area contributed by atoms with Crippen LogP contribution in [0.1, 0.15) is 24.0 Å². The van der Waals surface area contributed by atoms with Crippen LogP contribution in [-0.2, 0) is 17.9 Å². The summed E-state index contributed by atoms with van der Waals surface area (Å²) in [6.07, 6.45) is 3.31. The van der Waals surface area contributed by atoms with Crippen LogP contribution in [0.25, 0.3) is 0 Å². The maximum atomic E-state index is 12.7. The summed E-state index contributed by atoms with van der Waals surface area (Å²) in [6.45, 7) is 7.63. The van der Waals surface area contributed by atoms with Gasteiger partial charge in [0, 0.05) is 70.5 Å². The zero-order valence-electron chi connectivity index (χ0n) is 19.2. The number of carbonyl (C=O) groups is 1.